The van der Waals surface area contributed by atoms with Crippen molar-refractivity contribution >= 4 is 40.9 Å². The van der Waals surface area contributed by atoms with Crippen LogP contribution in [0.2, 0.25) is 5.02 Å². The zero-order valence-electron chi connectivity index (χ0n) is 20.8. The summed E-state index contributed by atoms with van der Waals surface area (Å²) in [5, 5.41) is 0.502. The lowest BCUT2D eigenvalue weighted by Crippen LogP contribution is -2.33. The molecule has 1 aliphatic heterocycles. The Labute approximate surface area is 225 Å². The Hall–Kier alpha value is -3.77. The highest BCUT2D eigenvalue weighted by molar-refractivity contribution is 6.30. The number of carbonyl (C=O) groups is 4. The standard InChI is InChI=1S/C31H26ClNO5/c1-17(28(34)19-10-12-22(32)13-11-19)38-31(37)20-8-5-9-23(14-20)33-29(35)26-21-15-24(18-6-3-2-4-7-18)25(16-21)27(26)30(33)36/h2-14,17,21,24-27H,15-16H2,1H3/t17-,21-,24-,25-,26-,27+/m1/s1. The van der Waals surface area contributed by atoms with E-state index in [1.54, 1.807) is 42.5 Å². The molecule has 0 radical (unpaired) electrons. The topological polar surface area (TPSA) is 80.8 Å². The number of hydrogen-bond acceptors (Lipinski definition) is 5. The van der Waals surface area contributed by atoms with Gasteiger partial charge in [0.2, 0.25) is 17.6 Å². The molecule has 0 aromatic heterocycles. The zero-order chi connectivity index (χ0) is 26.6. The van der Waals surface area contributed by atoms with Crippen LogP contribution in [0.4, 0.5) is 5.69 Å². The van der Waals surface area contributed by atoms with Crippen LogP contribution in [-0.2, 0) is 14.3 Å². The van der Waals surface area contributed by atoms with Gasteiger partial charge in [-0.3, -0.25) is 19.3 Å². The molecule has 2 aliphatic carbocycles. The van der Waals surface area contributed by atoms with Crippen LogP contribution in [0, 0.1) is 23.7 Å². The number of fused-ring (bicyclic) bond motifs is 5. The smallest absolute Gasteiger partial charge is 0.338 e. The Kier molecular flexibility index (Phi) is 6.15. The summed E-state index contributed by atoms with van der Waals surface area (Å²) in [7, 11) is 0. The van der Waals surface area contributed by atoms with E-state index >= 15 is 0 Å². The van der Waals surface area contributed by atoms with Crippen LogP contribution in [0.25, 0.3) is 0 Å². The summed E-state index contributed by atoms with van der Waals surface area (Å²) >= 11 is 5.89. The predicted octanol–water partition coefficient (Wildman–Crippen LogP) is 5.70. The molecule has 2 amide bonds. The number of anilines is 1. The van der Waals surface area contributed by atoms with Gasteiger partial charge < -0.3 is 4.74 Å². The van der Waals surface area contributed by atoms with E-state index in [1.807, 2.05) is 18.2 Å². The molecule has 3 fully saturated rings. The molecule has 6 atom stereocenters. The SMILES string of the molecule is C[C@@H](OC(=O)c1cccc(N2C(=O)[C@@H]3[C@H]4C[C@@H]([C@@H]3C2=O)[C@@H](c2ccccc2)C4)c1)C(=O)c1ccc(Cl)cc1. The van der Waals surface area contributed by atoms with Gasteiger partial charge in [-0.25, -0.2) is 4.79 Å². The van der Waals surface area contributed by atoms with Gasteiger partial charge in [0.05, 0.1) is 23.1 Å². The Balaban J connectivity index is 1.19. The predicted molar refractivity (Wildman–Crippen MR) is 142 cm³/mol. The van der Waals surface area contributed by atoms with E-state index in [1.165, 1.54) is 23.5 Å². The molecule has 38 heavy (non-hydrogen) atoms. The fourth-order valence-corrected chi connectivity index (χ4v) is 6.83. The van der Waals surface area contributed by atoms with Crippen LogP contribution >= 0.6 is 11.6 Å². The first-order valence-electron chi connectivity index (χ1n) is 12.9. The molecular formula is C31H26ClNO5. The van der Waals surface area contributed by atoms with Gasteiger partial charge in [0.1, 0.15) is 0 Å². The second kappa shape index (κ2) is 9.52. The van der Waals surface area contributed by atoms with Gasteiger partial charge in [-0.05, 0) is 85.5 Å². The van der Waals surface area contributed by atoms with Crippen LogP contribution in [0.15, 0.2) is 78.9 Å². The number of amides is 2. The fourth-order valence-electron chi connectivity index (χ4n) is 6.70. The molecule has 6 nitrogen and oxygen atoms in total. The van der Waals surface area contributed by atoms with Gasteiger partial charge in [0, 0.05) is 10.6 Å². The molecule has 3 aromatic carbocycles. The zero-order valence-corrected chi connectivity index (χ0v) is 21.5. The maximum absolute atomic E-state index is 13.6. The Morgan fingerprint density at radius 2 is 1.58 bits per heavy atom. The van der Waals surface area contributed by atoms with Crippen LogP contribution in [0.5, 0.6) is 0 Å². The molecule has 0 spiro atoms. The molecule has 0 unspecified atom stereocenters. The van der Waals surface area contributed by atoms with Gasteiger partial charge in [-0.2, -0.15) is 0 Å². The van der Waals surface area contributed by atoms with Crippen molar-refractivity contribution in [1.82, 2.24) is 0 Å². The normalized spacial score (nSPS) is 26.4. The highest BCUT2D eigenvalue weighted by Gasteiger charge is 2.64. The number of ether oxygens (including phenoxy) is 1. The summed E-state index contributed by atoms with van der Waals surface area (Å²) < 4.78 is 5.43. The van der Waals surface area contributed by atoms with Crippen LogP contribution in [0.1, 0.15) is 52.0 Å². The van der Waals surface area contributed by atoms with Crippen molar-refractivity contribution in [2.24, 2.45) is 23.7 Å². The van der Waals surface area contributed by atoms with E-state index in [-0.39, 0.29) is 52.8 Å². The number of ketones is 1. The number of Topliss-reactive ketones (excluding diaryl/α,β-unsaturated/α-hetero) is 1. The van der Waals surface area contributed by atoms with E-state index in [0.29, 0.717) is 16.3 Å². The Morgan fingerprint density at radius 1 is 0.868 bits per heavy atom. The minimum atomic E-state index is -1.02. The number of carbonyl (C=O) groups excluding carboxylic acids is 4. The van der Waals surface area contributed by atoms with Crippen molar-refractivity contribution < 1.29 is 23.9 Å². The third kappa shape index (κ3) is 4.04. The quantitative estimate of drug-likeness (QED) is 0.233. The van der Waals surface area contributed by atoms with E-state index in [2.05, 4.69) is 12.1 Å². The molecule has 192 valence electrons. The highest BCUT2D eigenvalue weighted by atomic mass is 35.5. The minimum absolute atomic E-state index is 0.140. The molecule has 2 saturated carbocycles. The largest absolute Gasteiger partial charge is 0.451 e. The van der Waals surface area contributed by atoms with Crippen molar-refractivity contribution in [3.8, 4) is 0 Å². The van der Waals surface area contributed by atoms with Crippen molar-refractivity contribution in [3.63, 3.8) is 0 Å². The maximum Gasteiger partial charge on any atom is 0.338 e. The maximum atomic E-state index is 13.6. The molecule has 1 saturated heterocycles. The lowest BCUT2D eigenvalue weighted by molar-refractivity contribution is -0.123. The molecule has 3 aromatic rings. The fraction of sp³-hybridized carbons (Fsp3) is 0.290. The average molecular weight is 528 g/mol. The highest BCUT2D eigenvalue weighted by Crippen LogP contribution is 2.61. The number of nitrogens with zero attached hydrogens (tertiary/aromatic N) is 1. The summed E-state index contributed by atoms with van der Waals surface area (Å²) in [6, 6.07) is 22.9. The van der Waals surface area contributed by atoms with E-state index in [4.69, 9.17) is 16.3 Å². The monoisotopic (exact) mass is 527 g/mol. The Bertz CT molecular complexity index is 1440. The van der Waals surface area contributed by atoms with Crippen LogP contribution in [0.3, 0.4) is 0 Å². The first kappa shape index (κ1) is 24.6. The van der Waals surface area contributed by atoms with E-state index in [0.717, 1.165) is 12.8 Å². The Morgan fingerprint density at radius 3 is 2.32 bits per heavy atom. The number of esters is 1. The number of benzene rings is 3. The number of rotatable bonds is 6. The van der Waals surface area contributed by atoms with Crippen LogP contribution in [-0.4, -0.2) is 29.7 Å². The minimum Gasteiger partial charge on any atom is -0.451 e. The van der Waals surface area contributed by atoms with E-state index in [9.17, 15) is 19.2 Å². The second-order valence-electron chi connectivity index (χ2n) is 10.4. The summed E-state index contributed by atoms with van der Waals surface area (Å²) in [4.78, 5) is 54.0. The third-order valence-electron chi connectivity index (χ3n) is 8.37. The van der Waals surface area contributed by atoms with Crippen LogP contribution < -0.4 is 4.90 Å². The summed E-state index contributed by atoms with van der Waals surface area (Å²) in [6.07, 6.45) is 0.785. The van der Waals surface area contributed by atoms with Crippen molar-refractivity contribution in [2.75, 3.05) is 4.90 Å². The van der Waals surface area contributed by atoms with Gasteiger partial charge >= 0.3 is 5.97 Å². The number of halogens is 1. The lowest BCUT2D eigenvalue weighted by Gasteiger charge is -2.28. The molecule has 3 aliphatic rings. The third-order valence-corrected chi connectivity index (χ3v) is 8.62. The van der Waals surface area contributed by atoms with E-state index < -0.39 is 12.1 Å². The molecule has 0 N–H and O–H groups in total. The lowest BCUT2D eigenvalue weighted by atomic mass is 9.73. The first-order valence-corrected chi connectivity index (χ1v) is 13.2. The summed E-state index contributed by atoms with van der Waals surface area (Å²) in [6.45, 7) is 1.51. The summed E-state index contributed by atoms with van der Waals surface area (Å²) in [5.41, 5.74) is 2.13. The first-order chi connectivity index (χ1) is 18.3. The van der Waals surface area contributed by atoms with Crippen molar-refractivity contribution in [1.29, 1.82) is 0 Å². The summed E-state index contributed by atoms with van der Waals surface area (Å²) in [5.74, 6) is -1.47. The molecular weight excluding hydrogens is 502 g/mol. The molecule has 7 heteroatoms. The second-order valence-corrected chi connectivity index (χ2v) is 10.9. The van der Waals surface area contributed by atoms with Gasteiger partial charge in [-0.1, -0.05) is 48.0 Å². The molecule has 2 bridgehead atoms. The number of imide groups is 1. The molecule has 1 heterocycles. The average Bonchev–Trinajstić information content (AvgIpc) is 3.60. The molecule has 6 rings (SSSR count). The van der Waals surface area contributed by atoms with Gasteiger partial charge in [0.15, 0.2) is 6.10 Å². The van der Waals surface area contributed by atoms with Crippen molar-refractivity contribution in [3.05, 3.63) is 101 Å². The van der Waals surface area contributed by atoms with Crippen molar-refractivity contribution in [2.45, 2.75) is 31.8 Å². The van der Waals surface area contributed by atoms with Gasteiger partial charge in [0.25, 0.3) is 0 Å². The van der Waals surface area contributed by atoms with Gasteiger partial charge in [-0.15, -0.1) is 0 Å². The number of hydrogen-bond donors (Lipinski definition) is 0.